The number of carbonyl (C=O) groups excluding carboxylic acids is 1. The summed E-state index contributed by atoms with van der Waals surface area (Å²) >= 11 is 5.83. The number of hydrogen-bond donors (Lipinski definition) is 3. The third kappa shape index (κ3) is 3.86. The lowest BCUT2D eigenvalue weighted by molar-refractivity contribution is -0.140. The molecule has 0 saturated carbocycles. The Morgan fingerprint density at radius 3 is 2.58 bits per heavy atom. The quantitative estimate of drug-likeness (QED) is 0.722. The topological polar surface area (TPSA) is 92.4 Å². The van der Waals surface area contributed by atoms with Crippen molar-refractivity contribution >= 4 is 29.2 Å². The predicted octanol–water partition coefficient (Wildman–Crippen LogP) is 2.15. The van der Waals surface area contributed by atoms with Gasteiger partial charge in [-0.25, -0.2) is 4.79 Å². The zero-order valence-electron chi connectivity index (χ0n) is 10.8. The standard InChI is InChI=1S/C13H17ClN2O3/c1-3-7(2)11(13(18)19)16-12(17)8-4-5-10(15)9(14)6-8/h4-7,11H,3,15H2,1-2H3,(H,16,17)(H,18,19)/t7-,11?/m0/s1. The number of carboxylic acids is 1. The van der Waals surface area contributed by atoms with Crippen LogP contribution in [0, 0.1) is 5.92 Å². The maximum atomic E-state index is 12.0. The van der Waals surface area contributed by atoms with Crippen LogP contribution in [0.2, 0.25) is 5.02 Å². The first-order valence-corrected chi connectivity index (χ1v) is 6.33. The molecule has 5 nitrogen and oxygen atoms in total. The molecule has 1 unspecified atom stereocenters. The molecule has 0 bridgehead atoms. The normalized spacial score (nSPS) is 13.6. The van der Waals surface area contributed by atoms with Gasteiger partial charge in [0.2, 0.25) is 0 Å². The largest absolute Gasteiger partial charge is 0.480 e. The molecule has 0 saturated heterocycles. The molecule has 6 heteroatoms. The predicted molar refractivity (Wildman–Crippen MR) is 74.2 cm³/mol. The zero-order chi connectivity index (χ0) is 14.6. The second-order valence-electron chi connectivity index (χ2n) is 4.41. The van der Waals surface area contributed by atoms with E-state index in [1.807, 2.05) is 6.92 Å². The highest BCUT2D eigenvalue weighted by Crippen LogP contribution is 2.20. The summed E-state index contributed by atoms with van der Waals surface area (Å²) in [5.41, 5.74) is 6.21. The molecule has 0 radical (unpaired) electrons. The van der Waals surface area contributed by atoms with E-state index in [2.05, 4.69) is 5.32 Å². The maximum Gasteiger partial charge on any atom is 0.326 e. The molecule has 4 N–H and O–H groups in total. The first kappa shape index (κ1) is 15.3. The van der Waals surface area contributed by atoms with E-state index in [1.54, 1.807) is 6.92 Å². The van der Waals surface area contributed by atoms with E-state index in [0.717, 1.165) is 0 Å². The molecule has 0 spiro atoms. The van der Waals surface area contributed by atoms with E-state index >= 15 is 0 Å². The Morgan fingerprint density at radius 2 is 2.11 bits per heavy atom. The number of anilines is 1. The van der Waals surface area contributed by atoms with Crippen molar-refractivity contribution in [2.45, 2.75) is 26.3 Å². The minimum Gasteiger partial charge on any atom is -0.480 e. The summed E-state index contributed by atoms with van der Waals surface area (Å²) in [5.74, 6) is -1.69. The molecule has 1 aromatic carbocycles. The number of halogens is 1. The molecule has 104 valence electrons. The third-order valence-corrected chi connectivity index (χ3v) is 3.36. The van der Waals surface area contributed by atoms with Gasteiger partial charge in [0.15, 0.2) is 0 Å². The van der Waals surface area contributed by atoms with Crippen LogP contribution in [-0.2, 0) is 4.79 Å². The fraction of sp³-hybridized carbons (Fsp3) is 0.385. The highest BCUT2D eigenvalue weighted by molar-refractivity contribution is 6.33. The van der Waals surface area contributed by atoms with Crippen molar-refractivity contribution < 1.29 is 14.7 Å². The molecule has 0 fully saturated rings. The van der Waals surface area contributed by atoms with E-state index in [9.17, 15) is 9.59 Å². The zero-order valence-corrected chi connectivity index (χ0v) is 11.6. The summed E-state index contributed by atoms with van der Waals surface area (Å²) in [6, 6.07) is 3.51. The molecule has 2 atom stereocenters. The van der Waals surface area contributed by atoms with Crippen molar-refractivity contribution in [1.29, 1.82) is 0 Å². The number of carboxylic acid groups (broad SMARTS) is 1. The summed E-state index contributed by atoms with van der Waals surface area (Å²) in [6.07, 6.45) is 0.653. The average molecular weight is 285 g/mol. The van der Waals surface area contributed by atoms with E-state index in [-0.39, 0.29) is 16.5 Å². The first-order valence-electron chi connectivity index (χ1n) is 5.95. The van der Waals surface area contributed by atoms with Crippen molar-refractivity contribution in [3.63, 3.8) is 0 Å². The number of nitrogens with one attached hydrogen (secondary N) is 1. The summed E-state index contributed by atoms with van der Waals surface area (Å²) in [7, 11) is 0. The Balaban J connectivity index is 2.87. The molecule has 0 aliphatic heterocycles. The number of nitrogens with two attached hydrogens (primary N) is 1. The van der Waals surface area contributed by atoms with Gasteiger partial charge in [-0.1, -0.05) is 31.9 Å². The van der Waals surface area contributed by atoms with Crippen molar-refractivity contribution in [2.24, 2.45) is 5.92 Å². The van der Waals surface area contributed by atoms with E-state index in [1.165, 1.54) is 18.2 Å². The van der Waals surface area contributed by atoms with Crippen molar-refractivity contribution in [3.05, 3.63) is 28.8 Å². The summed E-state index contributed by atoms with van der Waals surface area (Å²) < 4.78 is 0. The average Bonchev–Trinajstić information content (AvgIpc) is 2.37. The fourth-order valence-electron chi connectivity index (χ4n) is 1.58. The minimum absolute atomic E-state index is 0.161. The molecule has 1 rings (SSSR count). The highest BCUT2D eigenvalue weighted by Gasteiger charge is 2.25. The monoisotopic (exact) mass is 284 g/mol. The van der Waals surface area contributed by atoms with Crippen LogP contribution in [0.3, 0.4) is 0 Å². The minimum atomic E-state index is -1.05. The molecule has 19 heavy (non-hydrogen) atoms. The van der Waals surface area contributed by atoms with Crippen LogP contribution in [-0.4, -0.2) is 23.0 Å². The summed E-state index contributed by atoms with van der Waals surface area (Å²) in [5, 5.41) is 11.9. The molecule has 0 aliphatic carbocycles. The molecule has 1 aromatic rings. The number of carbonyl (C=O) groups is 2. The van der Waals surface area contributed by atoms with Crippen LogP contribution < -0.4 is 11.1 Å². The van der Waals surface area contributed by atoms with Crippen molar-refractivity contribution in [1.82, 2.24) is 5.32 Å². The van der Waals surface area contributed by atoms with Gasteiger partial charge in [-0.05, 0) is 24.1 Å². The Labute approximate surface area is 116 Å². The fourth-order valence-corrected chi connectivity index (χ4v) is 1.76. The number of nitrogen functional groups attached to an aromatic ring is 1. The number of amides is 1. The van der Waals surface area contributed by atoms with E-state index < -0.39 is 17.9 Å². The van der Waals surface area contributed by atoms with E-state index in [4.69, 9.17) is 22.4 Å². The van der Waals surface area contributed by atoms with Gasteiger partial charge in [0.1, 0.15) is 6.04 Å². The number of aliphatic carboxylic acids is 1. The van der Waals surface area contributed by atoms with Gasteiger partial charge in [0.05, 0.1) is 10.7 Å². The van der Waals surface area contributed by atoms with Crippen molar-refractivity contribution in [3.8, 4) is 0 Å². The van der Waals surface area contributed by atoms with Gasteiger partial charge in [-0.3, -0.25) is 4.79 Å². The van der Waals surface area contributed by atoms with Crippen LogP contribution in [0.4, 0.5) is 5.69 Å². The molecular weight excluding hydrogens is 268 g/mol. The van der Waals surface area contributed by atoms with Crippen LogP contribution in [0.5, 0.6) is 0 Å². The molecule has 0 aliphatic rings. The Hall–Kier alpha value is -1.75. The number of benzene rings is 1. The second kappa shape index (κ2) is 6.43. The highest BCUT2D eigenvalue weighted by atomic mass is 35.5. The number of rotatable bonds is 5. The second-order valence-corrected chi connectivity index (χ2v) is 4.82. The Morgan fingerprint density at radius 1 is 1.47 bits per heavy atom. The van der Waals surface area contributed by atoms with Crippen LogP contribution in [0.1, 0.15) is 30.6 Å². The molecular formula is C13H17ClN2O3. The third-order valence-electron chi connectivity index (χ3n) is 3.03. The van der Waals surface area contributed by atoms with Gasteiger partial charge in [0.25, 0.3) is 5.91 Å². The van der Waals surface area contributed by atoms with Gasteiger partial charge in [0, 0.05) is 5.56 Å². The van der Waals surface area contributed by atoms with E-state index in [0.29, 0.717) is 12.1 Å². The Bertz CT molecular complexity index is 491. The van der Waals surface area contributed by atoms with Gasteiger partial charge in [-0.2, -0.15) is 0 Å². The summed E-state index contributed by atoms with van der Waals surface area (Å²) in [6.45, 7) is 3.64. The first-order chi connectivity index (χ1) is 8.86. The van der Waals surface area contributed by atoms with Crippen LogP contribution in [0.15, 0.2) is 18.2 Å². The SMILES string of the molecule is CC[C@H](C)C(NC(=O)c1ccc(N)c(Cl)c1)C(=O)O. The Kier molecular flexibility index (Phi) is 5.18. The van der Waals surface area contributed by atoms with Gasteiger partial charge < -0.3 is 16.2 Å². The molecule has 1 amide bonds. The lowest BCUT2D eigenvalue weighted by Crippen LogP contribution is -2.45. The number of hydrogen-bond acceptors (Lipinski definition) is 3. The van der Waals surface area contributed by atoms with Gasteiger partial charge in [-0.15, -0.1) is 0 Å². The lowest BCUT2D eigenvalue weighted by Gasteiger charge is -2.20. The molecule has 0 aromatic heterocycles. The lowest BCUT2D eigenvalue weighted by atomic mass is 9.99. The van der Waals surface area contributed by atoms with Crippen LogP contribution >= 0.6 is 11.6 Å². The molecule has 0 heterocycles. The smallest absolute Gasteiger partial charge is 0.326 e. The maximum absolute atomic E-state index is 12.0. The summed E-state index contributed by atoms with van der Waals surface area (Å²) in [4.78, 5) is 23.1. The van der Waals surface area contributed by atoms with Gasteiger partial charge >= 0.3 is 5.97 Å². The van der Waals surface area contributed by atoms with Crippen molar-refractivity contribution in [2.75, 3.05) is 5.73 Å². The van der Waals surface area contributed by atoms with Crippen LogP contribution in [0.25, 0.3) is 0 Å².